The molecular weight excluding hydrogens is 438 g/mol. The molecule has 0 fully saturated rings. The van der Waals surface area contributed by atoms with Crippen LogP contribution in [0.1, 0.15) is 6.92 Å². The molecule has 2 heterocycles. The third-order valence-electron chi connectivity index (χ3n) is 4.54. The Kier molecular flexibility index (Phi) is 6.22. The summed E-state index contributed by atoms with van der Waals surface area (Å²) in [5.74, 6) is 0.120. The molecule has 0 aliphatic rings. The van der Waals surface area contributed by atoms with Gasteiger partial charge in [-0.05, 0) is 54.8 Å². The number of carbonyl (C=O) groups excluding carboxylic acids is 1. The Morgan fingerprint density at radius 3 is 2.57 bits per heavy atom. The number of hydrogen-bond acceptors (Lipinski definition) is 5. The third kappa shape index (κ3) is 4.14. The van der Waals surface area contributed by atoms with Crippen molar-refractivity contribution in [2.45, 2.75) is 12.1 Å². The number of carbonyl (C=O) groups is 1. The first-order chi connectivity index (χ1) is 14.6. The van der Waals surface area contributed by atoms with Crippen LogP contribution in [0.4, 0.5) is 5.69 Å². The van der Waals surface area contributed by atoms with E-state index in [0.29, 0.717) is 32.6 Å². The van der Waals surface area contributed by atoms with Gasteiger partial charge in [0, 0.05) is 17.3 Å². The minimum absolute atomic E-state index is 0.0454. The number of amides is 1. The molecule has 4 rings (SSSR count). The second kappa shape index (κ2) is 9.04. The van der Waals surface area contributed by atoms with E-state index >= 15 is 0 Å². The van der Waals surface area contributed by atoms with Crippen LogP contribution < -0.4 is 10.5 Å². The number of para-hydroxylation sites is 1. The first kappa shape index (κ1) is 20.7. The highest BCUT2D eigenvalue weighted by Crippen LogP contribution is 2.25. The topological polar surface area (TPSA) is 55.2 Å². The van der Waals surface area contributed by atoms with E-state index in [2.05, 4.69) is 4.98 Å². The second-order valence-electron chi connectivity index (χ2n) is 6.41. The zero-order valence-electron chi connectivity index (χ0n) is 16.1. The number of nitrogens with zero attached hydrogens (tertiary/aromatic N) is 3. The fraction of sp³-hybridized carbons (Fsp3) is 0.136. The van der Waals surface area contributed by atoms with Gasteiger partial charge < -0.3 is 4.90 Å². The highest BCUT2D eigenvalue weighted by molar-refractivity contribution is 7.99. The third-order valence-corrected chi connectivity index (χ3v) is 6.61. The predicted octanol–water partition coefficient (Wildman–Crippen LogP) is 5.25. The fourth-order valence-corrected chi connectivity index (χ4v) is 4.90. The maximum absolute atomic E-state index is 13.1. The summed E-state index contributed by atoms with van der Waals surface area (Å²) >= 11 is 8.63. The molecule has 2 aromatic carbocycles. The van der Waals surface area contributed by atoms with Gasteiger partial charge in [0.15, 0.2) is 5.16 Å². The number of hydrogen-bond donors (Lipinski definition) is 0. The Morgan fingerprint density at radius 2 is 1.87 bits per heavy atom. The van der Waals surface area contributed by atoms with Gasteiger partial charge >= 0.3 is 0 Å². The Morgan fingerprint density at radius 1 is 1.13 bits per heavy atom. The summed E-state index contributed by atoms with van der Waals surface area (Å²) in [4.78, 5) is 32.4. The maximum Gasteiger partial charge on any atom is 0.276 e. The van der Waals surface area contributed by atoms with Crippen molar-refractivity contribution in [1.82, 2.24) is 9.55 Å². The largest absolute Gasteiger partial charge is 0.312 e. The maximum atomic E-state index is 13.1. The summed E-state index contributed by atoms with van der Waals surface area (Å²) in [5.41, 5.74) is 2.00. The lowest BCUT2D eigenvalue weighted by Crippen LogP contribution is -2.32. The van der Waals surface area contributed by atoms with E-state index in [4.69, 9.17) is 11.6 Å². The first-order valence-corrected chi connectivity index (χ1v) is 11.6. The SMILES string of the molecule is CCN(C(=O)CSc1nc2ccsc2c(=O)n1-c1ccc(Cl)cc1)c1ccccc1. The Hall–Kier alpha value is -2.61. The normalized spacial score (nSPS) is 11.0. The quantitative estimate of drug-likeness (QED) is 0.294. The molecule has 0 bridgehead atoms. The highest BCUT2D eigenvalue weighted by atomic mass is 35.5. The summed E-state index contributed by atoms with van der Waals surface area (Å²) in [7, 11) is 0. The van der Waals surface area contributed by atoms with Crippen molar-refractivity contribution in [2.24, 2.45) is 0 Å². The summed E-state index contributed by atoms with van der Waals surface area (Å²) in [6.07, 6.45) is 0. The standard InChI is InChI=1S/C22H18ClN3O2S2/c1-2-25(16-6-4-3-5-7-16)19(27)14-30-22-24-18-12-13-29-20(18)21(28)26(22)17-10-8-15(23)9-11-17/h3-13H,2,14H2,1H3. The number of halogens is 1. The van der Waals surface area contributed by atoms with Crippen LogP contribution in [0.3, 0.4) is 0 Å². The average molecular weight is 456 g/mol. The van der Waals surface area contributed by atoms with Gasteiger partial charge in [-0.1, -0.05) is 41.6 Å². The van der Waals surface area contributed by atoms with Gasteiger partial charge in [-0.15, -0.1) is 11.3 Å². The van der Waals surface area contributed by atoms with Crippen LogP contribution in [0.5, 0.6) is 0 Å². The van der Waals surface area contributed by atoms with E-state index in [-0.39, 0.29) is 17.2 Å². The molecule has 0 unspecified atom stereocenters. The van der Waals surface area contributed by atoms with Gasteiger partial charge in [-0.2, -0.15) is 0 Å². The minimum atomic E-state index is -0.150. The summed E-state index contributed by atoms with van der Waals surface area (Å²) in [6, 6.07) is 18.4. The van der Waals surface area contributed by atoms with E-state index < -0.39 is 0 Å². The van der Waals surface area contributed by atoms with Gasteiger partial charge in [-0.3, -0.25) is 14.2 Å². The van der Waals surface area contributed by atoms with Crippen molar-refractivity contribution in [3.05, 3.63) is 81.4 Å². The van der Waals surface area contributed by atoms with Crippen LogP contribution in [-0.4, -0.2) is 27.8 Å². The monoisotopic (exact) mass is 455 g/mol. The molecule has 1 amide bonds. The van der Waals surface area contributed by atoms with E-state index in [1.54, 1.807) is 33.7 Å². The fourth-order valence-electron chi connectivity index (χ4n) is 3.12. The van der Waals surface area contributed by atoms with Crippen LogP contribution in [-0.2, 0) is 4.79 Å². The molecule has 8 heteroatoms. The second-order valence-corrected chi connectivity index (χ2v) is 8.70. The average Bonchev–Trinajstić information content (AvgIpc) is 3.24. The van der Waals surface area contributed by atoms with Crippen molar-refractivity contribution in [1.29, 1.82) is 0 Å². The van der Waals surface area contributed by atoms with Crippen molar-refractivity contribution in [2.75, 3.05) is 17.2 Å². The molecule has 152 valence electrons. The molecule has 0 aliphatic carbocycles. The molecule has 2 aromatic heterocycles. The molecule has 0 spiro atoms. The number of rotatable bonds is 6. The number of fused-ring (bicyclic) bond motifs is 1. The number of aromatic nitrogens is 2. The molecule has 0 radical (unpaired) electrons. The smallest absolute Gasteiger partial charge is 0.276 e. The Bertz CT molecular complexity index is 1240. The molecule has 0 N–H and O–H groups in total. The van der Waals surface area contributed by atoms with Gasteiger partial charge in [0.1, 0.15) is 4.70 Å². The molecule has 30 heavy (non-hydrogen) atoms. The lowest BCUT2D eigenvalue weighted by atomic mass is 10.3. The molecule has 0 saturated carbocycles. The van der Waals surface area contributed by atoms with Crippen LogP contribution in [0, 0.1) is 0 Å². The van der Waals surface area contributed by atoms with Gasteiger partial charge in [0.2, 0.25) is 5.91 Å². The highest BCUT2D eigenvalue weighted by Gasteiger charge is 2.18. The van der Waals surface area contributed by atoms with Crippen molar-refractivity contribution in [3.8, 4) is 5.69 Å². The lowest BCUT2D eigenvalue weighted by Gasteiger charge is -2.21. The van der Waals surface area contributed by atoms with Gasteiger partial charge in [0.25, 0.3) is 5.56 Å². The molecule has 4 aromatic rings. The first-order valence-electron chi connectivity index (χ1n) is 9.33. The van der Waals surface area contributed by atoms with E-state index in [9.17, 15) is 9.59 Å². The number of anilines is 1. The Balaban J connectivity index is 1.68. The molecular formula is C22H18ClN3O2S2. The van der Waals surface area contributed by atoms with E-state index in [0.717, 1.165) is 5.69 Å². The van der Waals surface area contributed by atoms with Crippen LogP contribution in [0.2, 0.25) is 5.02 Å². The molecule has 0 aliphatic heterocycles. The molecule has 5 nitrogen and oxygen atoms in total. The number of thiophene rings is 1. The van der Waals surface area contributed by atoms with Gasteiger partial charge in [0.05, 0.1) is 17.0 Å². The lowest BCUT2D eigenvalue weighted by molar-refractivity contribution is -0.116. The summed E-state index contributed by atoms with van der Waals surface area (Å²) < 4.78 is 2.13. The Labute approximate surface area is 186 Å². The van der Waals surface area contributed by atoms with Crippen molar-refractivity contribution < 1.29 is 4.79 Å². The summed E-state index contributed by atoms with van der Waals surface area (Å²) in [6.45, 7) is 2.50. The van der Waals surface area contributed by atoms with Crippen LogP contribution in [0.25, 0.3) is 15.9 Å². The van der Waals surface area contributed by atoms with Crippen LogP contribution >= 0.6 is 34.7 Å². The zero-order valence-corrected chi connectivity index (χ0v) is 18.5. The number of thioether (sulfide) groups is 1. The zero-order chi connectivity index (χ0) is 21.1. The van der Waals surface area contributed by atoms with Crippen molar-refractivity contribution in [3.63, 3.8) is 0 Å². The van der Waals surface area contributed by atoms with Crippen molar-refractivity contribution >= 4 is 56.5 Å². The van der Waals surface area contributed by atoms with Gasteiger partial charge in [-0.25, -0.2) is 4.98 Å². The van der Waals surface area contributed by atoms with Crippen LogP contribution in [0.15, 0.2) is 76.0 Å². The molecule has 0 atom stereocenters. The van der Waals surface area contributed by atoms with E-state index in [1.807, 2.05) is 48.7 Å². The number of benzene rings is 2. The summed E-state index contributed by atoms with van der Waals surface area (Å²) in [5, 5.41) is 2.91. The molecule has 0 saturated heterocycles. The predicted molar refractivity (Wildman–Crippen MR) is 125 cm³/mol. The van der Waals surface area contributed by atoms with E-state index in [1.165, 1.54) is 23.1 Å². The minimum Gasteiger partial charge on any atom is -0.312 e.